The van der Waals surface area contributed by atoms with Crippen LogP contribution in [0.3, 0.4) is 0 Å². The molecule has 0 unspecified atom stereocenters. The Hall–Kier alpha value is -1.00. The molecule has 1 aromatic rings. The molecule has 1 fully saturated rings. The lowest BCUT2D eigenvalue weighted by molar-refractivity contribution is -0.119. The van der Waals surface area contributed by atoms with E-state index in [1.54, 1.807) is 0 Å². The minimum Gasteiger partial charge on any atom is -0.326 e. The van der Waals surface area contributed by atoms with E-state index in [0.717, 1.165) is 23.4 Å². The Kier molecular flexibility index (Phi) is 3.85. The minimum atomic E-state index is 0.150. The molecule has 1 saturated carbocycles. The molecule has 0 heterocycles. The molecule has 0 saturated heterocycles. The molecule has 3 N–H and O–H groups in total. The zero-order chi connectivity index (χ0) is 11.4. The molecule has 4 heteroatoms. The Morgan fingerprint density at radius 3 is 2.81 bits per heavy atom. The predicted molar refractivity (Wildman–Crippen MR) is 67.1 cm³/mol. The van der Waals surface area contributed by atoms with E-state index in [1.165, 1.54) is 24.8 Å². The largest absolute Gasteiger partial charge is 0.326 e. The van der Waals surface area contributed by atoms with Gasteiger partial charge in [-0.2, -0.15) is 0 Å². The van der Waals surface area contributed by atoms with Crippen molar-refractivity contribution in [1.29, 1.82) is 0 Å². The average molecular weight is 236 g/mol. The molecule has 0 spiro atoms. The summed E-state index contributed by atoms with van der Waals surface area (Å²) in [5.74, 6) is 0.353. The van der Waals surface area contributed by atoms with Crippen molar-refractivity contribution in [2.75, 3.05) is 5.32 Å². The van der Waals surface area contributed by atoms with Gasteiger partial charge in [0.15, 0.2) is 0 Å². The van der Waals surface area contributed by atoms with Crippen LogP contribution in [0.15, 0.2) is 29.2 Å². The van der Waals surface area contributed by atoms with Gasteiger partial charge in [-0.15, -0.1) is 0 Å². The van der Waals surface area contributed by atoms with Crippen LogP contribution in [0.4, 0.5) is 5.69 Å². The first-order valence-electron chi connectivity index (χ1n) is 5.57. The summed E-state index contributed by atoms with van der Waals surface area (Å²) >= 11 is 1.19. The fourth-order valence-corrected chi connectivity index (χ4v) is 2.43. The van der Waals surface area contributed by atoms with Gasteiger partial charge in [0, 0.05) is 16.5 Å². The number of hydrogen-bond donors (Lipinski definition) is 2. The van der Waals surface area contributed by atoms with Crippen molar-refractivity contribution in [3.05, 3.63) is 24.3 Å². The second kappa shape index (κ2) is 5.37. The van der Waals surface area contributed by atoms with Crippen molar-refractivity contribution in [3.8, 4) is 0 Å². The van der Waals surface area contributed by atoms with Crippen molar-refractivity contribution in [3.63, 3.8) is 0 Å². The van der Waals surface area contributed by atoms with Crippen molar-refractivity contribution in [1.82, 2.24) is 0 Å². The van der Waals surface area contributed by atoms with Crippen LogP contribution in [0.5, 0.6) is 0 Å². The second-order valence-corrected chi connectivity index (χ2v) is 4.82. The van der Waals surface area contributed by atoms with E-state index >= 15 is 0 Å². The number of nitrogens with two attached hydrogens (primary N) is 1. The highest BCUT2D eigenvalue weighted by atomic mass is 32.2. The van der Waals surface area contributed by atoms with Crippen molar-refractivity contribution in [2.45, 2.75) is 30.6 Å². The van der Waals surface area contributed by atoms with Crippen LogP contribution in [-0.4, -0.2) is 5.91 Å². The SMILES string of the molecule is NSc1cccc(NC(=O)C2CCCC2)c1. The van der Waals surface area contributed by atoms with Crippen LogP contribution in [-0.2, 0) is 4.79 Å². The maximum absolute atomic E-state index is 11.9. The number of nitrogens with one attached hydrogen (secondary N) is 1. The summed E-state index contributed by atoms with van der Waals surface area (Å²) in [6.07, 6.45) is 4.40. The van der Waals surface area contributed by atoms with Crippen molar-refractivity contribution < 1.29 is 4.79 Å². The first-order chi connectivity index (χ1) is 7.79. The second-order valence-electron chi connectivity index (χ2n) is 4.12. The number of anilines is 1. The lowest BCUT2D eigenvalue weighted by Crippen LogP contribution is -2.20. The fraction of sp³-hybridized carbons (Fsp3) is 0.417. The molecule has 1 amide bonds. The lowest BCUT2D eigenvalue weighted by atomic mass is 10.1. The van der Waals surface area contributed by atoms with E-state index in [9.17, 15) is 4.79 Å². The molecule has 0 aliphatic heterocycles. The minimum absolute atomic E-state index is 0.150. The van der Waals surface area contributed by atoms with Gasteiger partial charge in [-0.05, 0) is 43.0 Å². The molecular formula is C12H16N2OS. The quantitative estimate of drug-likeness (QED) is 0.793. The summed E-state index contributed by atoms with van der Waals surface area (Å²) in [4.78, 5) is 12.8. The molecule has 1 aliphatic carbocycles. The summed E-state index contributed by atoms with van der Waals surface area (Å²) in [5, 5.41) is 8.43. The average Bonchev–Trinajstić information content (AvgIpc) is 2.83. The number of hydrogen-bond acceptors (Lipinski definition) is 3. The molecule has 2 rings (SSSR count). The lowest BCUT2D eigenvalue weighted by Gasteiger charge is -2.10. The number of benzene rings is 1. The summed E-state index contributed by atoms with van der Waals surface area (Å²) in [6, 6.07) is 7.62. The third kappa shape index (κ3) is 2.77. The van der Waals surface area contributed by atoms with Gasteiger partial charge in [-0.3, -0.25) is 9.93 Å². The molecule has 3 nitrogen and oxygen atoms in total. The molecule has 1 aromatic carbocycles. The van der Waals surface area contributed by atoms with Crippen LogP contribution >= 0.6 is 11.9 Å². The van der Waals surface area contributed by atoms with Crippen molar-refractivity contribution in [2.24, 2.45) is 11.1 Å². The first-order valence-corrected chi connectivity index (χ1v) is 6.45. The zero-order valence-corrected chi connectivity index (χ0v) is 9.93. The Morgan fingerprint density at radius 1 is 1.38 bits per heavy atom. The standard InChI is InChI=1S/C12H16N2OS/c13-16-11-7-3-6-10(8-11)14-12(15)9-4-1-2-5-9/h3,6-9H,1-2,4-5,13H2,(H,14,15). The van der Waals surface area contributed by atoms with E-state index in [2.05, 4.69) is 5.32 Å². The number of carbonyl (C=O) groups is 1. The maximum atomic E-state index is 11.9. The molecule has 1 aliphatic rings. The van der Waals surface area contributed by atoms with Gasteiger partial charge in [0.1, 0.15) is 0 Å². The Bertz CT molecular complexity index is 375. The van der Waals surface area contributed by atoms with Gasteiger partial charge < -0.3 is 5.32 Å². The van der Waals surface area contributed by atoms with Gasteiger partial charge in [0.2, 0.25) is 5.91 Å². The summed E-state index contributed by atoms with van der Waals surface area (Å²) in [7, 11) is 0. The van der Waals surface area contributed by atoms with E-state index in [-0.39, 0.29) is 11.8 Å². The van der Waals surface area contributed by atoms with Crippen LogP contribution in [0.1, 0.15) is 25.7 Å². The molecule has 86 valence electrons. The number of amides is 1. The summed E-state index contributed by atoms with van der Waals surface area (Å²) in [6.45, 7) is 0. The molecule has 0 aromatic heterocycles. The van der Waals surface area contributed by atoms with E-state index in [1.807, 2.05) is 24.3 Å². The highest BCUT2D eigenvalue weighted by Gasteiger charge is 2.22. The maximum Gasteiger partial charge on any atom is 0.227 e. The van der Waals surface area contributed by atoms with E-state index in [4.69, 9.17) is 5.14 Å². The molecular weight excluding hydrogens is 220 g/mol. The highest BCUT2D eigenvalue weighted by Crippen LogP contribution is 2.26. The smallest absolute Gasteiger partial charge is 0.227 e. The third-order valence-corrected chi connectivity index (χ3v) is 3.49. The van der Waals surface area contributed by atoms with Crippen LogP contribution in [0, 0.1) is 5.92 Å². The Labute approximate surface area is 99.9 Å². The van der Waals surface area contributed by atoms with Crippen LogP contribution in [0.2, 0.25) is 0 Å². The summed E-state index contributed by atoms with van der Waals surface area (Å²) in [5.41, 5.74) is 0.840. The van der Waals surface area contributed by atoms with Crippen LogP contribution in [0.25, 0.3) is 0 Å². The Balaban J connectivity index is 1.99. The summed E-state index contributed by atoms with van der Waals surface area (Å²) < 4.78 is 0. The van der Waals surface area contributed by atoms with Gasteiger partial charge in [-0.25, -0.2) is 0 Å². The monoisotopic (exact) mass is 236 g/mol. The first kappa shape index (κ1) is 11.5. The topological polar surface area (TPSA) is 55.1 Å². The molecule has 0 atom stereocenters. The number of carbonyl (C=O) groups excluding carboxylic acids is 1. The van der Waals surface area contributed by atoms with E-state index in [0.29, 0.717) is 0 Å². The van der Waals surface area contributed by atoms with Gasteiger partial charge in [-0.1, -0.05) is 18.9 Å². The molecule has 0 radical (unpaired) electrons. The highest BCUT2D eigenvalue weighted by molar-refractivity contribution is 7.97. The molecule has 0 bridgehead atoms. The van der Waals surface area contributed by atoms with Gasteiger partial charge in [0.05, 0.1) is 0 Å². The van der Waals surface area contributed by atoms with Gasteiger partial charge in [0.25, 0.3) is 0 Å². The van der Waals surface area contributed by atoms with Crippen LogP contribution < -0.4 is 10.5 Å². The van der Waals surface area contributed by atoms with E-state index < -0.39 is 0 Å². The Morgan fingerprint density at radius 2 is 2.12 bits per heavy atom. The van der Waals surface area contributed by atoms with Gasteiger partial charge >= 0.3 is 0 Å². The predicted octanol–water partition coefficient (Wildman–Crippen LogP) is 2.78. The molecule has 16 heavy (non-hydrogen) atoms. The number of rotatable bonds is 3. The third-order valence-electron chi connectivity index (χ3n) is 2.96. The zero-order valence-electron chi connectivity index (χ0n) is 9.11. The normalized spacial score (nSPS) is 16.3. The van der Waals surface area contributed by atoms with Crippen molar-refractivity contribution >= 4 is 23.5 Å². The fourth-order valence-electron chi connectivity index (χ4n) is 2.08.